The van der Waals surface area contributed by atoms with Crippen molar-refractivity contribution in [3.63, 3.8) is 0 Å². The number of methoxy groups -OCH3 is 1. The van der Waals surface area contributed by atoms with Gasteiger partial charge >= 0.3 is 5.97 Å². The number of hydrogen-bond acceptors (Lipinski definition) is 3. The molecule has 0 saturated heterocycles. The van der Waals surface area contributed by atoms with Crippen molar-refractivity contribution >= 4 is 22.6 Å². The lowest BCUT2D eigenvalue weighted by atomic mass is 9.94. The summed E-state index contributed by atoms with van der Waals surface area (Å²) in [7, 11) is 1.41. The van der Waals surface area contributed by atoms with Crippen molar-refractivity contribution in [3.8, 4) is 0 Å². The maximum Gasteiger partial charge on any atom is 0.365 e. The highest BCUT2D eigenvalue weighted by Crippen LogP contribution is 2.24. The van der Waals surface area contributed by atoms with E-state index in [9.17, 15) is 9.59 Å². The van der Waals surface area contributed by atoms with Crippen LogP contribution < -0.4 is 10.2 Å². The van der Waals surface area contributed by atoms with Gasteiger partial charge in [0.15, 0.2) is 12.6 Å². The average Bonchev–Trinajstić information content (AvgIpc) is 2.77. The van der Waals surface area contributed by atoms with Gasteiger partial charge in [-0.1, -0.05) is 66.7 Å². The molecule has 30 heavy (non-hydrogen) atoms. The zero-order chi connectivity index (χ0) is 21.1. The fourth-order valence-electron chi connectivity index (χ4n) is 4.44. The van der Waals surface area contributed by atoms with Crippen LogP contribution in [0.5, 0.6) is 0 Å². The number of hydrogen-bond donors (Lipinski definition) is 2. The first kappa shape index (κ1) is 20.1. The molecule has 5 heteroatoms. The van der Waals surface area contributed by atoms with Crippen molar-refractivity contribution in [1.82, 2.24) is 5.32 Å². The highest BCUT2D eigenvalue weighted by atomic mass is 16.5. The Kier molecular flexibility index (Phi) is 5.81. The molecule has 0 bridgehead atoms. The molecule has 0 aromatic heterocycles. The molecule has 1 aliphatic heterocycles. The highest BCUT2D eigenvalue weighted by Gasteiger charge is 2.37. The summed E-state index contributed by atoms with van der Waals surface area (Å²) in [5.74, 6) is -0.340. The number of fused-ring (bicyclic) bond motifs is 2. The van der Waals surface area contributed by atoms with Gasteiger partial charge in [-0.15, -0.1) is 0 Å². The molecule has 3 aromatic rings. The summed E-state index contributed by atoms with van der Waals surface area (Å²) >= 11 is 0. The lowest BCUT2D eigenvalue weighted by molar-refractivity contribution is -0.924. The first-order valence-electron chi connectivity index (χ1n) is 10.3. The molecule has 3 atom stereocenters. The van der Waals surface area contributed by atoms with E-state index >= 15 is 0 Å². The molecule has 0 radical (unpaired) electrons. The second kappa shape index (κ2) is 8.67. The van der Waals surface area contributed by atoms with Crippen LogP contribution in [0.3, 0.4) is 0 Å². The quantitative estimate of drug-likeness (QED) is 0.642. The molecule has 2 N–H and O–H groups in total. The average molecular weight is 404 g/mol. The molecule has 154 valence electrons. The molecule has 4 rings (SSSR count). The molecule has 1 unspecified atom stereocenters. The molecule has 5 nitrogen and oxygen atoms in total. The van der Waals surface area contributed by atoms with Crippen molar-refractivity contribution in [2.75, 3.05) is 13.7 Å². The minimum atomic E-state index is -0.372. The Morgan fingerprint density at radius 1 is 1.03 bits per heavy atom. The van der Waals surface area contributed by atoms with Crippen LogP contribution in [0.4, 0.5) is 0 Å². The van der Waals surface area contributed by atoms with Gasteiger partial charge < -0.3 is 15.0 Å². The first-order valence-corrected chi connectivity index (χ1v) is 10.3. The minimum absolute atomic E-state index is 0.0706. The van der Waals surface area contributed by atoms with Gasteiger partial charge in [0, 0.05) is 12.0 Å². The summed E-state index contributed by atoms with van der Waals surface area (Å²) in [6.07, 6.45) is 0.588. The maximum absolute atomic E-state index is 12.9. The summed E-state index contributed by atoms with van der Waals surface area (Å²) in [4.78, 5) is 26.2. The summed E-state index contributed by atoms with van der Waals surface area (Å²) in [6, 6.07) is 21.9. The van der Waals surface area contributed by atoms with Gasteiger partial charge in [0.1, 0.15) is 6.54 Å². The second-order valence-electron chi connectivity index (χ2n) is 7.92. The van der Waals surface area contributed by atoms with Gasteiger partial charge in [0.2, 0.25) is 0 Å². The number of amides is 1. The van der Waals surface area contributed by atoms with E-state index in [-0.39, 0.29) is 30.5 Å². The van der Waals surface area contributed by atoms with Crippen LogP contribution in [0, 0.1) is 0 Å². The van der Waals surface area contributed by atoms with E-state index in [4.69, 9.17) is 4.74 Å². The Balaban J connectivity index is 1.50. The third-order valence-corrected chi connectivity index (χ3v) is 5.99. The molecule has 1 heterocycles. The lowest BCUT2D eigenvalue weighted by Crippen LogP contribution is -3.17. The third-order valence-electron chi connectivity index (χ3n) is 5.99. The number of benzene rings is 3. The smallest absolute Gasteiger partial charge is 0.365 e. The van der Waals surface area contributed by atoms with E-state index in [0.29, 0.717) is 13.0 Å². The van der Waals surface area contributed by atoms with E-state index in [1.54, 1.807) is 0 Å². The second-order valence-corrected chi connectivity index (χ2v) is 7.92. The highest BCUT2D eigenvalue weighted by molar-refractivity contribution is 5.87. The minimum Gasteiger partial charge on any atom is -0.465 e. The summed E-state index contributed by atoms with van der Waals surface area (Å²) < 4.78 is 5.02. The Labute approximate surface area is 176 Å². The van der Waals surface area contributed by atoms with Crippen LogP contribution >= 0.6 is 0 Å². The number of carbonyl (C=O) groups excluding carboxylic acids is 2. The molecular weight excluding hydrogens is 376 g/mol. The molecule has 1 aliphatic rings. The van der Waals surface area contributed by atoms with Crippen LogP contribution in [0.2, 0.25) is 0 Å². The summed E-state index contributed by atoms with van der Waals surface area (Å²) in [5, 5.41) is 5.42. The normalized spacial score (nSPS) is 19.0. The van der Waals surface area contributed by atoms with Crippen LogP contribution in [-0.2, 0) is 27.3 Å². The van der Waals surface area contributed by atoms with Crippen molar-refractivity contribution < 1.29 is 19.2 Å². The monoisotopic (exact) mass is 403 g/mol. The fraction of sp³-hybridized carbons (Fsp3) is 0.280. The van der Waals surface area contributed by atoms with Gasteiger partial charge in [0.05, 0.1) is 13.2 Å². The largest absolute Gasteiger partial charge is 0.465 e. The van der Waals surface area contributed by atoms with Crippen LogP contribution in [0.25, 0.3) is 10.8 Å². The number of carbonyl (C=O) groups is 2. The predicted octanol–water partition coefficient (Wildman–Crippen LogP) is 2.20. The number of ether oxygens (including phenoxy) is 1. The van der Waals surface area contributed by atoms with E-state index in [2.05, 4.69) is 35.6 Å². The van der Waals surface area contributed by atoms with Crippen LogP contribution in [-0.4, -0.2) is 31.6 Å². The summed E-state index contributed by atoms with van der Waals surface area (Å²) in [6.45, 7) is 2.85. The molecule has 0 aliphatic carbocycles. The fourth-order valence-corrected chi connectivity index (χ4v) is 4.44. The lowest BCUT2D eigenvalue weighted by Gasteiger charge is -2.32. The molecule has 3 aromatic carbocycles. The van der Waals surface area contributed by atoms with Gasteiger partial charge in [-0.2, -0.15) is 0 Å². The Bertz CT molecular complexity index is 1070. The molecule has 0 fully saturated rings. The first-order chi connectivity index (χ1) is 14.6. The predicted molar refractivity (Wildman–Crippen MR) is 116 cm³/mol. The molecule has 0 spiro atoms. The molecular formula is C25H27N2O3+. The summed E-state index contributed by atoms with van der Waals surface area (Å²) in [5.41, 5.74) is 3.42. The van der Waals surface area contributed by atoms with E-state index in [0.717, 1.165) is 26.8 Å². The number of nitrogens with one attached hydrogen (secondary N) is 2. The van der Waals surface area contributed by atoms with Gasteiger partial charge in [-0.3, -0.25) is 4.79 Å². The Morgan fingerprint density at radius 3 is 2.53 bits per heavy atom. The Hall–Kier alpha value is -3.18. The van der Waals surface area contributed by atoms with Crippen molar-refractivity contribution in [2.24, 2.45) is 0 Å². The van der Waals surface area contributed by atoms with Crippen molar-refractivity contribution in [3.05, 3.63) is 83.4 Å². The van der Waals surface area contributed by atoms with Crippen molar-refractivity contribution in [2.45, 2.75) is 32.0 Å². The number of quaternary nitrogens is 1. The van der Waals surface area contributed by atoms with Gasteiger partial charge in [-0.25, -0.2) is 4.79 Å². The van der Waals surface area contributed by atoms with E-state index in [1.807, 2.05) is 43.3 Å². The topological polar surface area (TPSA) is 59.8 Å². The van der Waals surface area contributed by atoms with Crippen LogP contribution in [0.1, 0.15) is 29.7 Å². The van der Waals surface area contributed by atoms with Crippen molar-refractivity contribution in [1.29, 1.82) is 0 Å². The number of esters is 1. The zero-order valence-electron chi connectivity index (χ0n) is 17.4. The van der Waals surface area contributed by atoms with Gasteiger partial charge in [0.25, 0.3) is 5.91 Å². The SMILES string of the molecule is COC(=O)[C@H]1Cc2ccccc2C[NH+]1CC(=O)N[C@H](C)c1cccc2ccccc12. The Morgan fingerprint density at radius 2 is 1.73 bits per heavy atom. The van der Waals surface area contributed by atoms with E-state index < -0.39 is 0 Å². The molecule has 0 saturated carbocycles. The standard InChI is InChI=1S/C25H26N2O3/c1-17(21-13-7-11-18-8-5-6-12-22(18)21)26-24(28)16-27-15-20-10-4-3-9-19(20)14-23(27)25(29)30-2/h3-13,17,23H,14-16H2,1-2H3,(H,26,28)/p+1/t17-,23-/m1/s1. The third kappa shape index (κ3) is 4.07. The maximum atomic E-state index is 12.9. The van der Waals surface area contributed by atoms with Gasteiger partial charge in [-0.05, 0) is 28.8 Å². The zero-order valence-corrected chi connectivity index (χ0v) is 17.4. The van der Waals surface area contributed by atoms with E-state index in [1.165, 1.54) is 12.7 Å². The molecule has 1 amide bonds. The number of rotatable bonds is 5. The van der Waals surface area contributed by atoms with Crippen LogP contribution in [0.15, 0.2) is 66.7 Å².